The molecule has 0 bridgehead atoms. The van der Waals surface area contributed by atoms with Crippen molar-refractivity contribution in [2.75, 3.05) is 0 Å². The van der Waals surface area contributed by atoms with Gasteiger partial charge in [-0.15, -0.1) is 0 Å². The highest BCUT2D eigenvalue weighted by Crippen LogP contribution is 2.25. The molecule has 0 unspecified atom stereocenters. The van der Waals surface area contributed by atoms with Crippen molar-refractivity contribution in [1.82, 2.24) is 0 Å². The van der Waals surface area contributed by atoms with Gasteiger partial charge in [-0.1, -0.05) is 11.3 Å². The molecule has 1 amide bonds. The summed E-state index contributed by atoms with van der Waals surface area (Å²) in [5.41, 5.74) is 4.67. The Bertz CT molecular complexity index is 484. The van der Waals surface area contributed by atoms with Gasteiger partial charge < -0.3 is 5.73 Å². The molecule has 0 aliphatic carbocycles. The van der Waals surface area contributed by atoms with Crippen molar-refractivity contribution in [3.8, 4) is 6.07 Å². The number of amides is 1. The fraction of sp³-hybridized carbons (Fsp3) is 0. The lowest BCUT2D eigenvalue weighted by Gasteiger charge is -1.87. The van der Waals surface area contributed by atoms with Gasteiger partial charge >= 0.3 is 5.00 Å². The quantitative estimate of drug-likeness (QED) is 0.357. The fourth-order valence-electron chi connectivity index (χ4n) is 0.819. The van der Waals surface area contributed by atoms with Gasteiger partial charge in [-0.05, 0) is 12.1 Å². The largest absolute Gasteiger partial charge is 0.365 e. The van der Waals surface area contributed by atoms with E-state index in [2.05, 4.69) is 0 Å². The average molecular weight is 223 g/mol. The van der Waals surface area contributed by atoms with Gasteiger partial charge in [0.15, 0.2) is 0 Å². The number of carbonyl (C=O) groups excluding carboxylic acids is 1. The van der Waals surface area contributed by atoms with E-state index in [1.807, 2.05) is 0 Å². The lowest BCUT2D eigenvalue weighted by molar-refractivity contribution is -0.380. The third kappa shape index (κ3) is 2.62. The van der Waals surface area contributed by atoms with E-state index in [0.29, 0.717) is 4.88 Å². The van der Waals surface area contributed by atoms with Crippen molar-refractivity contribution >= 4 is 28.3 Å². The smallest absolute Gasteiger partial charge is 0.324 e. The normalized spacial score (nSPS) is 10.7. The Kier molecular flexibility index (Phi) is 3.15. The molecule has 0 radical (unpaired) electrons. The molecule has 0 aliphatic rings. The van der Waals surface area contributed by atoms with Gasteiger partial charge in [0.25, 0.3) is 5.91 Å². The molecule has 0 fully saturated rings. The Hall–Kier alpha value is -2.20. The first-order valence-corrected chi connectivity index (χ1v) is 4.52. The second-order valence-electron chi connectivity index (χ2n) is 2.47. The van der Waals surface area contributed by atoms with Gasteiger partial charge in [0, 0.05) is 10.9 Å². The Morgan fingerprint density at radius 1 is 1.67 bits per heavy atom. The van der Waals surface area contributed by atoms with Crippen LogP contribution in [0.5, 0.6) is 0 Å². The molecule has 0 aliphatic heterocycles. The number of primary amides is 1. The lowest BCUT2D eigenvalue weighted by atomic mass is 10.2. The van der Waals surface area contributed by atoms with Crippen LogP contribution in [0.15, 0.2) is 17.7 Å². The van der Waals surface area contributed by atoms with Crippen LogP contribution >= 0.6 is 11.3 Å². The molecule has 1 aromatic heterocycles. The maximum Gasteiger partial charge on any atom is 0.324 e. The van der Waals surface area contributed by atoms with E-state index in [1.54, 1.807) is 6.07 Å². The van der Waals surface area contributed by atoms with Crippen LogP contribution in [0.3, 0.4) is 0 Å². The third-order valence-corrected chi connectivity index (χ3v) is 2.45. The Morgan fingerprint density at radius 3 is 2.73 bits per heavy atom. The molecule has 1 aromatic rings. The molecule has 0 aromatic carbocycles. The van der Waals surface area contributed by atoms with Gasteiger partial charge in [-0.2, -0.15) is 5.26 Å². The summed E-state index contributed by atoms with van der Waals surface area (Å²) in [4.78, 5) is 20.9. The lowest BCUT2D eigenvalue weighted by Crippen LogP contribution is -2.12. The summed E-state index contributed by atoms with van der Waals surface area (Å²) in [6.07, 6.45) is 1.22. The van der Waals surface area contributed by atoms with Gasteiger partial charge in [0.05, 0.1) is 4.92 Å². The van der Waals surface area contributed by atoms with Crippen molar-refractivity contribution in [1.29, 1.82) is 5.26 Å². The number of hydrogen-bond acceptors (Lipinski definition) is 5. The van der Waals surface area contributed by atoms with Crippen LogP contribution in [0.4, 0.5) is 5.00 Å². The zero-order valence-electron chi connectivity index (χ0n) is 7.34. The molecule has 0 saturated heterocycles. The standard InChI is InChI=1S/C8H5N3O3S/c9-4-5(8(10)12)3-6-1-2-7(15-6)11(13)14/h1-3H,(H2,10,12). The molecule has 6 nitrogen and oxygen atoms in total. The van der Waals surface area contributed by atoms with E-state index < -0.39 is 10.8 Å². The molecule has 1 heterocycles. The molecule has 15 heavy (non-hydrogen) atoms. The maximum absolute atomic E-state index is 10.7. The highest BCUT2D eigenvalue weighted by molar-refractivity contribution is 7.16. The zero-order chi connectivity index (χ0) is 11.4. The van der Waals surface area contributed by atoms with Crippen LogP contribution < -0.4 is 5.73 Å². The summed E-state index contributed by atoms with van der Waals surface area (Å²) < 4.78 is 0. The highest BCUT2D eigenvalue weighted by Gasteiger charge is 2.10. The molecule has 0 saturated carbocycles. The topological polar surface area (TPSA) is 110 Å². The van der Waals surface area contributed by atoms with Crippen molar-refractivity contribution in [3.63, 3.8) is 0 Å². The van der Waals surface area contributed by atoms with E-state index in [4.69, 9.17) is 11.0 Å². The minimum Gasteiger partial charge on any atom is -0.365 e. The Labute approximate surface area is 88.4 Å². The van der Waals surface area contributed by atoms with Crippen LogP contribution in [0.25, 0.3) is 6.08 Å². The number of nitrogens with zero attached hydrogens (tertiary/aromatic N) is 2. The van der Waals surface area contributed by atoms with E-state index >= 15 is 0 Å². The zero-order valence-corrected chi connectivity index (χ0v) is 8.15. The molecule has 2 N–H and O–H groups in total. The molecule has 7 heteroatoms. The number of nitrogens with two attached hydrogens (primary N) is 1. The second-order valence-corrected chi connectivity index (χ2v) is 3.56. The highest BCUT2D eigenvalue weighted by atomic mass is 32.1. The predicted octanol–water partition coefficient (Wildman–Crippen LogP) is 1.05. The van der Waals surface area contributed by atoms with Crippen molar-refractivity contribution in [2.45, 2.75) is 0 Å². The minimum absolute atomic E-state index is 0.0528. The fourth-order valence-corrected chi connectivity index (χ4v) is 1.58. The number of hydrogen-bond donors (Lipinski definition) is 1. The summed E-state index contributed by atoms with van der Waals surface area (Å²) in [6.45, 7) is 0. The molecule has 1 rings (SSSR count). The van der Waals surface area contributed by atoms with Crippen LogP contribution in [0.2, 0.25) is 0 Å². The minimum atomic E-state index is -0.853. The first-order chi connectivity index (χ1) is 7.04. The first kappa shape index (κ1) is 10.9. The van der Waals surface area contributed by atoms with E-state index in [1.165, 1.54) is 18.2 Å². The Morgan fingerprint density at radius 2 is 2.33 bits per heavy atom. The van der Waals surface area contributed by atoms with Crippen LogP contribution in [0, 0.1) is 21.4 Å². The molecule has 76 valence electrons. The van der Waals surface area contributed by atoms with E-state index in [9.17, 15) is 14.9 Å². The summed E-state index contributed by atoms with van der Waals surface area (Å²) in [7, 11) is 0. The summed E-state index contributed by atoms with van der Waals surface area (Å²) in [5, 5.41) is 18.8. The van der Waals surface area contributed by atoms with Crippen LogP contribution in [-0.2, 0) is 4.79 Å². The number of carbonyl (C=O) groups is 1. The van der Waals surface area contributed by atoms with Crippen molar-refractivity contribution < 1.29 is 9.72 Å². The van der Waals surface area contributed by atoms with Gasteiger partial charge in [0.1, 0.15) is 11.6 Å². The summed E-state index contributed by atoms with van der Waals surface area (Å²) in [6, 6.07) is 4.36. The number of nitro groups is 1. The molecular formula is C8H5N3O3S. The Balaban J connectivity index is 3.04. The number of thiophene rings is 1. The maximum atomic E-state index is 10.7. The predicted molar refractivity (Wildman–Crippen MR) is 53.8 cm³/mol. The second kappa shape index (κ2) is 4.34. The third-order valence-electron chi connectivity index (χ3n) is 1.47. The summed E-state index contributed by atoms with van der Waals surface area (Å²) >= 11 is 0.868. The van der Waals surface area contributed by atoms with E-state index in [-0.39, 0.29) is 10.6 Å². The SMILES string of the molecule is N#CC(=Cc1ccc([N+](=O)[O-])s1)C(N)=O. The number of nitriles is 1. The van der Waals surface area contributed by atoms with E-state index in [0.717, 1.165) is 11.3 Å². The van der Waals surface area contributed by atoms with Gasteiger partial charge in [0.2, 0.25) is 0 Å². The van der Waals surface area contributed by atoms with Gasteiger partial charge in [-0.25, -0.2) is 0 Å². The first-order valence-electron chi connectivity index (χ1n) is 3.70. The number of rotatable bonds is 3. The molecule has 0 spiro atoms. The monoisotopic (exact) mass is 223 g/mol. The van der Waals surface area contributed by atoms with Crippen LogP contribution in [0.1, 0.15) is 4.88 Å². The van der Waals surface area contributed by atoms with Crippen molar-refractivity contribution in [3.05, 3.63) is 32.7 Å². The molecular weight excluding hydrogens is 218 g/mol. The average Bonchev–Trinajstić information content (AvgIpc) is 2.61. The molecule has 0 atom stereocenters. The summed E-state index contributed by atoms with van der Waals surface area (Å²) in [5.74, 6) is -0.853. The van der Waals surface area contributed by atoms with Crippen LogP contribution in [-0.4, -0.2) is 10.8 Å². The van der Waals surface area contributed by atoms with Gasteiger partial charge in [-0.3, -0.25) is 14.9 Å². The van der Waals surface area contributed by atoms with Crippen molar-refractivity contribution in [2.24, 2.45) is 5.73 Å².